The number of hydrogen-bond acceptors (Lipinski definition) is 3. The first-order valence-corrected chi connectivity index (χ1v) is 8.00. The van der Waals surface area contributed by atoms with Gasteiger partial charge in [-0.1, -0.05) is 23.7 Å². The quantitative estimate of drug-likeness (QED) is 0.922. The Labute approximate surface area is 127 Å². The summed E-state index contributed by atoms with van der Waals surface area (Å²) in [6, 6.07) is 7.94. The second-order valence-corrected chi connectivity index (χ2v) is 6.80. The van der Waals surface area contributed by atoms with Crippen LogP contribution in [0.2, 0.25) is 5.02 Å². The number of nitrogens with zero attached hydrogens (tertiary/aromatic N) is 1. The van der Waals surface area contributed by atoms with Gasteiger partial charge in [0.1, 0.15) is 0 Å². The fraction of sp³-hybridized carbons (Fsp3) is 0.400. The number of carbonyl (C=O) groups excluding carboxylic acids is 1. The van der Waals surface area contributed by atoms with E-state index in [9.17, 15) is 4.79 Å². The monoisotopic (exact) mass is 308 g/mol. The maximum Gasteiger partial charge on any atom is 0.261 e. The van der Waals surface area contributed by atoms with E-state index < -0.39 is 0 Å². The predicted molar refractivity (Wildman–Crippen MR) is 84.8 cm³/mol. The molecular weight excluding hydrogens is 292 g/mol. The van der Waals surface area contributed by atoms with E-state index in [1.165, 1.54) is 11.3 Å². The van der Waals surface area contributed by atoms with Crippen molar-refractivity contribution in [3.63, 3.8) is 0 Å². The van der Waals surface area contributed by atoms with Crippen LogP contribution in [0.3, 0.4) is 0 Å². The standard InChI is InChI=1S/C15H17ClN2OS/c1-18-7-3-5-11(9-18)17-15(19)13-8-10-4-2-6-12(16)14(10)20-13/h2,4,6,8,11H,3,5,7,9H2,1H3,(H,17,19)/t11-/m1/s1. The van der Waals surface area contributed by atoms with Crippen molar-refractivity contribution in [3.05, 3.63) is 34.2 Å². The van der Waals surface area contributed by atoms with Crippen molar-refractivity contribution < 1.29 is 4.79 Å². The summed E-state index contributed by atoms with van der Waals surface area (Å²) in [5.74, 6) is 0.0163. The summed E-state index contributed by atoms with van der Waals surface area (Å²) in [5, 5.41) is 4.88. The van der Waals surface area contributed by atoms with Crippen LogP contribution in [0.1, 0.15) is 22.5 Å². The van der Waals surface area contributed by atoms with Gasteiger partial charge in [0.15, 0.2) is 0 Å². The Morgan fingerprint density at radius 3 is 3.10 bits per heavy atom. The van der Waals surface area contributed by atoms with Crippen molar-refractivity contribution in [2.45, 2.75) is 18.9 Å². The fourth-order valence-electron chi connectivity index (χ4n) is 2.68. The predicted octanol–water partition coefficient (Wildman–Crippen LogP) is 3.38. The number of thiophene rings is 1. The minimum atomic E-state index is 0.0163. The van der Waals surface area contributed by atoms with Crippen molar-refractivity contribution >= 4 is 38.9 Å². The Morgan fingerprint density at radius 1 is 1.50 bits per heavy atom. The van der Waals surface area contributed by atoms with Crippen LogP contribution < -0.4 is 5.32 Å². The lowest BCUT2D eigenvalue weighted by molar-refractivity contribution is 0.0917. The number of amides is 1. The molecule has 0 saturated carbocycles. The highest BCUT2D eigenvalue weighted by Gasteiger charge is 2.20. The molecule has 1 saturated heterocycles. The summed E-state index contributed by atoms with van der Waals surface area (Å²) in [6.45, 7) is 2.04. The first-order valence-electron chi connectivity index (χ1n) is 6.81. The third kappa shape index (κ3) is 2.82. The number of likely N-dealkylation sites (N-methyl/N-ethyl adjacent to an activating group) is 1. The molecule has 0 spiro atoms. The number of piperidine rings is 1. The number of rotatable bonds is 2. The normalized spacial score (nSPS) is 20.2. The van der Waals surface area contributed by atoms with Crippen LogP contribution >= 0.6 is 22.9 Å². The summed E-state index contributed by atoms with van der Waals surface area (Å²) >= 11 is 7.62. The van der Waals surface area contributed by atoms with Crippen molar-refractivity contribution in [2.24, 2.45) is 0 Å². The van der Waals surface area contributed by atoms with E-state index >= 15 is 0 Å². The highest BCUT2D eigenvalue weighted by atomic mass is 35.5. The number of hydrogen-bond donors (Lipinski definition) is 1. The molecule has 3 rings (SSSR count). The van der Waals surface area contributed by atoms with Crippen molar-refractivity contribution in [1.82, 2.24) is 10.2 Å². The van der Waals surface area contributed by atoms with Gasteiger partial charge < -0.3 is 10.2 Å². The van der Waals surface area contributed by atoms with Crippen LogP contribution in [0.4, 0.5) is 0 Å². The second-order valence-electron chi connectivity index (χ2n) is 5.34. The van der Waals surface area contributed by atoms with Crippen LogP contribution in [-0.4, -0.2) is 37.0 Å². The summed E-state index contributed by atoms with van der Waals surface area (Å²) in [7, 11) is 2.09. The molecule has 3 nitrogen and oxygen atoms in total. The maximum absolute atomic E-state index is 12.3. The number of benzene rings is 1. The SMILES string of the molecule is CN1CCC[C@@H](NC(=O)c2cc3cccc(Cl)c3s2)C1. The molecule has 1 fully saturated rings. The Balaban J connectivity index is 1.77. The summed E-state index contributed by atoms with van der Waals surface area (Å²) in [6.07, 6.45) is 2.20. The van der Waals surface area contributed by atoms with Crippen LogP contribution in [0.15, 0.2) is 24.3 Å². The minimum Gasteiger partial charge on any atom is -0.347 e. The van der Waals surface area contributed by atoms with Gasteiger partial charge in [-0.15, -0.1) is 11.3 Å². The van der Waals surface area contributed by atoms with Crippen molar-refractivity contribution in [3.8, 4) is 0 Å². The fourth-order valence-corrected chi connectivity index (χ4v) is 3.95. The third-order valence-electron chi connectivity index (χ3n) is 3.68. The number of fused-ring (bicyclic) bond motifs is 1. The van der Waals surface area contributed by atoms with E-state index in [0.29, 0.717) is 5.02 Å². The number of carbonyl (C=O) groups is 1. The second kappa shape index (κ2) is 5.72. The molecule has 1 aromatic carbocycles. The summed E-state index contributed by atoms with van der Waals surface area (Å²) in [4.78, 5) is 15.3. The summed E-state index contributed by atoms with van der Waals surface area (Å²) < 4.78 is 0.986. The van der Waals surface area contributed by atoms with Gasteiger partial charge in [-0.05, 0) is 44.0 Å². The zero-order valence-corrected chi connectivity index (χ0v) is 12.9. The Kier molecular flexibility index (Phi) is 3.96. The van der Waals surface area contributed by atoms with Gasteiger partial charge in [0.2, 0.25) is 0 Å². The zero-order chi connectivity index (χ0) is 14.1. The highest BCUT2D eigenvalue weighted by Crippen LogP contribution is 2.31. The molecular formula is C15H17ClN2OS. The molecule has 1 amide bonds. The Bertz CT molecular complexity index is 640. The average Bonchev–Trinajstić information content (AvgIpc) is 2.84. The highest BCUT2D eigenvalue weighted by molar-refractivity contribution is 7.21. The van der Waals surface area contributed by atoms with Gasteiger partial charge >= 0.3 is 0 Å². The molecule has 1 atom stereocenters. The van der Waals surface area contributed by atoms with Crippen LogP contribution in [0.25, 0.3) is 10.1 Å². The van der Waals surface area contributed by atoms with Gasteiger partial charge in [-0.2, -0.15) is 0 Å². The lowest BCUT2D eigenvalue weighted by Gasteiger charge is -2.30. The molecule has 1 aromatic heterocycles. The topological polar surface area (TPSA) is 32.3 Å². The van der Waals surface area contributed by atoms with E-state index in [-0.39, 0.29) is 11.9 Å². The first kappa shape index (κ1) is 13.9. The molecule has 1 N–H and O–H groups in total. The van der Waals surface area contributed by atoms with Crippen molar-refractivity contribution in [1.29, 1.82) is 0 Å². The lowest BCUT2D eigenvalue weighted by Crippen LogP contribution is -2.46. The van der Waals surface area contributed by atoms with Crippen LogP contribution in [-0.2, 0) is 0 Å². The van der Waals surface area contributed by atoms with Crippen LogP contribution in [0.5, 0.6) is 0 Å². The molecule has 1 aliphatic rings. The molecule has 5 heteroatoms. The molecule has 106 valence electrons. The number of likely N-dealkylation sites (tertiary alicyclic amines) is 1. The molecule has 0 bridgehead atoms. The maximum atomic E-state index is 12.3. The lowest BCUT2D eigenvalue weighted by atomic mass is 10.1. The molecule has 0 unspecified atom stereocenters. The third-order valence-corrected chi connectivity index (χ3v) is 5.29. The molecule has 0 aliphatic carbocycles. The average molecular weight is 309 g/mol. The smallest absolute Gasteiger partial charge is 0.261 e. The van der Waals surface area contributed by atoms with E-state index in [0.717, 1.165) is 40.9 Å². The van der Waals surface area contributed by atoms with Gasteiger partial charge in [0.25, 0.3) is 5.91 Å². The number of nitrogens with one attached hydrogen (secondary N) is 1. The minimum absolute atomic E-state index is 0.0163. The largest absolute Gasteiger partial charge is 0.347 e. The van der Waals surface area contributed by atoms with Crippen LogP contribution in [0, 0.1) is 0 Å². The summed E-state index contributed by atoms with van der Waals surface area (Å²) in [5.41, 5.74) is 0. The van der Waals surface area contributed by atoms with E-state index in [4.69, 9.17) is 11.6 Å². The molecule has 2 aromatic rings. The van der Waals surface area contributed by atoms with E-state index in [1.807, 2.05) is 24.3 Å². The Hall–Kier alpha value is -1.10. The van der Waals surface area contributed by atoms with Gasteiger partial charge in [0.05, 0.1) is 14.6 Å². The van der Waals surface area contributed by atoms with Gasteiger partial charge in [0, 0.05) is 12.6 Å². The van der Waals surface area contributed by atoms with E-state index in [1.54, 1.807) is 0 Å². The van der Waals surface area contributed by atoms with Crippen molar-refractivity contribution in [2.75, 3.05) is 20.1 Å². The van der Waals surface area contributed by atoms with E-state index in [2.05, 4.69) is 17.3 Å². The van der Waals surface area contributed by atoms with Gasteiger partial charge in [-0.25, -0.2) is 0 Å². The molecule has 1 aliphatic heterocycles. The molecule has 2 heterocycles. The number of halogens is 1. The Morgan fingerprint density at radius 2 is 2.35 bits per heavy atom. The first-order chi connectivity index (χ1) is 9.63. The zero-order valence-electron chi connectivity index (χ0n) is 11.4. The molecule has 0 radical (unpaired) electrons. The molecule has 20 heavy (non-hydrogen) atoms. The van der Waals surface area contributed by atoms with Gasteiger partial charge in [-0.3, -0.25) is 4.79 Å².